The van der Waals surface area contributed by atoms with E-state index in [4.69, 9.17) is 16.3 Å². The van der Waals surface area contributed by atoms with E-state index in [9.17, 15) is 14.4 Å². The predicted octanol–water partition coefficient (Wildman–Crippen LogP) is 6.32. The van der Waals surface area contributed by atoms with Crippen LogP contribution in [0.2, 0.25) is 5.02 Å². The van der Waals surface area contributed by atoms with Crippen molar-refractivity contribution in [2.75, 3.05) is 17.7 Å². The SMILES string of the molecule is CCCCOC(=O)c1ccc(NC(=O)c2ccc([C@@H]3SCC(=O)N3Cc3ccc(Cl)cc3)cc2)cc1. The fraction of sp³-hybridized carbons (Fsp3) is 0.250. The van der Waals surface area contributed by atoms with Gasteiger partial charge in [-0.2, -0.15) is 0 Å². The molecule has 1 atom stereocenters. The normalized spacial score (nSPS) is 15.1. The van der Waals surface area contributed by atoms with Crippen molar-refractivity contribution in [3.63, 3.8) is 0 Å². The van der Waals surface area contributed by atoms with Crippen molar-refractivity contribution in [1.29, 1.82) is 0 Å². The largest absolute Gasteiger partial charge is 0.462 e. The summed E-state index contributed by atoms with van der Waals surface area (Å²) in [6.07, 6.45) is 1.79. The van der Waals surface area contributed by atoms with E-state index in [2.05, 4.69) is 5.32 Å². The summed E-state index contributed by atoms with van der Waals surface area (Å²) in [6, 6.07) is 21.4. The molecule has 0 spiro atoms. The van der Waals surface area contributed by atoms with Gasteiger partial charge in [-0.1, -0.05) is 49.2 Å². The summed E-state index contributed by atoms with van der Waals surface area (Å²) in [5.41, 5.74) is 3.50. The summed E-state index contributed by atoms with van der Waals surface area (Å²) >= 11 is 7.55. The Labute approximate surface area is 220 Å². The highest BCUT2D eigenvalue weighted by atomic mass is 35.5. The zero-order valence-corrected chi connectivity index (χ0v) is 21.5. The fourth-order valence-electron chi connectivity index (χ4n) is 3.77. The average Bonchev–Trinajstić information content (AvgIpc) is 3.25. The third-order valence-corrected chi connectivity index (χ3v) is 7.31. The predicted molar refractivity (Wildman–Crippen MR) is 143 cm³/mol. The van der Waals surface area contributed by atoms with E-state index < -0.39 is 0 Å². The molecule has 3 aromatic rings. The minimum absolute atomic E-state index is 0.0828. The molecule has 1 N–H and O–H groups in total. The van der Waals surface area contributed by atoms with Gasteiger partial charge in [-0.15, -0.1) is 11.8 Å². The number of hydrogen-bond acceptors (Lipinski definition) is 5. The van der Waals surface area contributed by atoms with Crippen LogP contribution >= 0.6 is 23.4 Å². The number of unbranched alkanes of at least 4 members (excludes halogenated alkanes) is 1. The first-order valence-corrected chi connectivity index (χ1v) is 13.2. The number of hydrogen-bond donors (Lipinski definition) is 1. The van der Waals surface area contributed by atoms with E-state index in [1.165, 1.54) is 0 Å². The van der Waals surface area contributed by atoms with Crippen LogP contribution in [0, 0.1) is 0 Å². The molecule has 1 heterocycles. The van der Waals surface area contributed by atoms with Gasteiger partial charge in [0, 0.05) is 22.8 Å². The van der Waals surface area contributed by atoms with Crippen molar-refractivity contribution >= 4 is 46.8 Å². The molecular weight excluding hydrogens is 496 g/mol. The van der Waals surface area contributed by atoms with Gasteiger partial charge in [0.15, 0.2) is 0 Å². The van der Waals surface area contributed by atoms with Crippen molar-refractivity contribution in [2.45, 2.75) is 31.7 Å². The van der Waals surface area contributed by atoms with Crippen molar-refractivity contribution in [1.82, 2.24) is 4.90 Å². The number of nitrogens with one attached hydrogen (secondary N) is 1. The molecule has 186 valence electrons. The van der Waals surface area contributed by atoms with E-state index in [0.717, 1.165) is 24.0 Å². The van der Waals surface area contributed by atoms with Gasteiger partial charge in [-0.25, -0.2) is 4.79 Å². The molecule has 1 fully saturated rings. The van der Waals surface area contributed by atoms with E-state index >= 15 is 0 Å². The van der Waals surface area contributed by atoms with Gasteiger partial charge in [0.25, 0.3) is 5.91 Å². The second kappa shape index (κ2) is 12.1. The number of esters is 1. The number of ether oxygens (including phenoxy) is 1. The smallest absolute Gasteiger partial charge is 0.338 e. The Morgan fingerprint density at radius 2 is 1.67 bits per heavy atom. The van der Waals surface area contributed by atoms with Crippen LogP contribution in [0.15, 0.2) is 72.8 Å². The lowest BCUT2D eigenvalue weighted by Gasteiger charge is -2.24. The van der Waals surface area contributed by atoms with Gasteiger partial charge < -0.3 is 15.0 Å². The summed E-state index contributed by atoms with van der Waals surface area (Å²) < 4.78 is 5.21. The number of halogens is 1. The Morgan fingerprint density at radius 3 is 2.33 bits per heavy atom. The number of carbonyl (C=O) groups is 3. The second-order valence-electron chi connectivity index (χ2n) is 8.45. The number of thioether (sulfide) groups is 1. The number of carbonyl (C=O) groups excluding carboxylic acids is 3. The molecule has 4 rings (SSSR count). The van der Waals surface area contributed by atoms with Gasteiger partial charge in [0.05, 0.1) is 17.9 Å². The maximum absolute atomic E-state index is 12.7. The summed E-state index contributed by atoms with van der Waals surface area (Å²) in [4.78, 5) is 39.1. The minimum atomic E-state index is -0.370. The first-order chi connectivity index (χ1) is 17.4. The van der Waals surface area contributed by atoms with E-state index in [1.54, 1.807) is 48.2 Å². The fourth-order valence-corrected chi connectivity index (χ4v) is 5.09. The van der Waals surface area contributed by atoms with Crippen molar-refractivity contribution in [3.8, 4) is 0 Å². The molecule has 2 amide bonds. The van der Waals surface area contributed by atoms with E-state index in [-0.39, 0.29) is 23.2 Å². The zero-order valence-electron chi connectivity index (χ0n) is 19.9. The Balaban J connectivity index is 1.37. The van der Waals surface area contributed by atoms with Gasteiger partial charge in [0.1, 0.15) is 5.37 Å². The van der Waals surface area contributed by atoms with Crippen LogP contribution < -0.4 is 5.32 Å². The van der Waals surface area contributed by atoms with E-state index in [1.807, 2.05) is 48.2 Å². The highest BCUT2D eigenvalue weighted by Gasteiger charge is 2.32. The Kier molecular flexibility index (Phi) is 8.67. The molecule has 0 aliphatic carbocycles. The highest BCUT2D eigenvalue weighted by molar-refractivity contribution is 8.00. The number of amides is 2. The minimum Gasteiger partial charge on any atom is -0.462 e. The topological polar surface area (TPSA) is 75.7 Å². The monoisotopic (exact) mass is 522 g/mol. The lowest BCUT2D eigenvalue weighted by atomic mass is 10.1. The molecule has 0 aromatic heterocycles. The molecule has 1 saturated heterocycles. The quantitative estimate of drug-likeness (QED) is 0.263. The maximum Gasteiger partial charge on any atom is 0.338 e. The Morgan fingerprint density at radius 1 is 1.00 bits per heavy atom. The molecule has 0 bridgehead atoms. The van der Waals surface area contributed by atoms with Crippen LogP contribution in [0.25, 0.3) is 0 Å². The first-order valence-electron chi connectivity index (χ1n) is 11.8. The molecule has 0 saturated carbocycles. The van der Waals surface area contributed by atoms with Crippen LogP contribution in [-0.2, 0) is 16.1 Å². The van der Waals surface area contributed by atoms with Crippen LogP contribution in [-0.4, -0.2) is 35.0 Å². The number of benzene rings is 3. The summed E-state index contributed by atoms with van der Waals surface area (Å²) in [5, 5.41) is 3.39. The summed E-state index contributed by atoms with van der Waals surface area (Å²) in [7, 11) is 0. The first kappa shape index (κ1) is 25.8. The standard InChI is InChI=1S/C28H27ClN2O4S/c1-2-3-16-35-28(34)22-10-14-24(15-11-22)30-26(33)20-6-8-21(9-7-20)27-31(25(32)18-36-27)17-19-4-12-23(29)13-5-19/h4-15,27H,2-3,16-18H2,1H3,(H,30,33)/t27-/m0/s1. The van der Waals surface area contributed by atoms with Gasteiger partial charge in [-0.3, -0.25) is 9.59 Å². The molecular formula is C28H27ClN2O4S. The highest BCUT2D eigenvalue weighted by Crippen LogP contribution is 2.39. The van der Waals surface area contributed by atoms with Crippen LogP contribution in [0.5, 0.6) is 0 Å². The molecule has 6 nitrogen and oxygen atoms in total. The second-order valence-corrected chi connectivity index (χ2v) is 9.96. The van der Waals surface area contributed by atoms with Crippen LogP contribution in [0.3, 0.4) is 0 Å². The lowest BCUT2D eigenvalue weighted by Crippen LogP contribution is -2.27. The molecule has 8 heteroatoms. The molecule has 1 aliphatic heterocycles. The van der Waals surface area contributed by atoms with Gasteiger partial charge >= 0.3 is 5.97 Å². The number of anilines is 1. The number of rotatable bonds is 9. The Hall–Kier alpha value is -3.29. The maximum atomic E-state index is 12.7. The summed E-state index contributed by atoms with van der Waals surface area (Å²) in [5.74, 6) is -0.124. The molecule has 36 heavy (non-hydrogen) atoms. The van der Waals surface area contributed by atoms with Crippen molar-refractivity contribution in [2.24, 2.45) is 0 Å². The molecule has 0 unspecified atom stereocenters. The number of nitrogens with zero attached hydrogens (tertiary/aromatic N) is 1. The third kappa shape index (κ3) is 6.47. The van der Waals surface area contributed by atoms with E-state index in [0.29, 0.717) is 40.7 Å². The van der Waals surface area contributed by atoms with Crippen LogP contribution in [0.1, 0.15) is 57.0 Å². The third-order valence-electron chi connectivity index (χ3n) is 5.80. The van der Waals surface area contributed by atoms with Crippen LogP contribution in [0.4, 0.5) is 5.69 Å². The van der Waals surface area contributed by atoms with Crippen molar-refractivity contribution < 1.29 is 19.1 Å². The molecule has 1 aliphatic rings. The van der Waals surface area contributed by atoms with Gasteiger partial charge in [0.2, 0.25) is 5.91 Å². The summed E-state index contributed by atoms with van der Waals surface area (Å²) in [6.45, 7) is 2.93. The van der Waals surface area contributed by atoms with Gasteiger partial charge in [-0.05, 0) is 66.1 Å². The van der Waals surface area contributed by atoms with Crippen molar-refractivity contribution in [3.05, 3.63) is 100 Å². The molecule has 0 radical (unpaired) electrons. The zero-order chi connectivity index (χ0) is 25.5. The Bertz CT molecular complexity index is 1210. The lowest BCUT2D eigenvalue weighted by molar-refractivity contribution is -0.128. The average molecular weight is 523 g/mol. The molecule has 3 aromatic carbocycles.